The molecule has 74 valence electrons. The quantitative estimate of drug-likeness (QED) is 0.691. The lowest BCUT2D eigenvalue weighted by molar-refractivity contribution is 0.0188. The summed E-state index contributed by atoms with van der Waals surface area (Å²) in [6.07, 6.45) is -0.148. The first kappa shape index (κ1) is 12.0. The Morgan fingerprint density at radius 1 is 0.667 bits per heavy atom. The molecule has 0 amide bonds. The van der Waals surface area contributed by atoms with Gasteiger partial charge in [-0.2, -0.15) is 0 Å². The minimum Gasteiger partial charge on any atom is -0.393 e. The largest absolute Gasteiger partial charge is 0.393 e. The van der Waals surface area contributed by atoms with Crippen LogP contribution in [0.1, 0.15) is 41.5 Å². The van der Waals surface area contributed by atoms with Gasteiger partial charge in [0.25, 0.3) is 0 Å². The predicted octanol–water partition coefficient (Wildman–Crippen LogP) is 2.93. The number of aliphatic hydroxyl groups is 1. The van der Waals surface area contributed by atoms with E-state index < -0.39 is 0 Å². The van der Waals surface area contributed by atoms with Crippen LogP contribution in [0.15, 0.2) is 0 Å². The van der Waals surface area contributed by atoms with Gasteiger partial charge in [0, 0.05) is 0 Å². The van der Waals surface area contributed by atoms with Crippen LogP contribution in [0, 0.1) is 23.7 Å². The van der Waals surface area contributed by atoms with Crippen molar-refractivity contribution in [3.8, 4) is 0 Å². The normalized spacial score (nSPS) is 15.2. The fraction of sp³-hybridized carbons (Fsp3) is 1.00. The Hall–Kier alpha value is -0.0400. The van der Waals surface area contributed by atoms with Crippen molar-refractivity contribution in [2.75, 3.05) is 0 Å². The first-order valence-electron chi connectivity index (χ1n) is 5.06. The maximum absolute atomic E-state index is 9.93. The molecule has 1 atom stereocenters. The fourth-order valence-corrected chi connectivity index (χ4v) is 2.00. The van der Waals surface area contributed by atoms with E-state index in [4.69, 9.17) is 0 Å². The Kier molecular flexibility index (Phi) is 4.84. The molecule has 1 nitrogen and oxygen atoms in total. The molecule has 0 aliphatic heterocycles. The maximum Gasteiger partial charge on any atom is 0.0596 e. The van der Waals surface area contributed by atoms with E-state index in [1.807, 2.05) is 0 Å². The van der Waals surface area contributed by atoms with Crippen molar-refractivity contribution in [3.05, 3.63) is 0 Å². The van der Waals surface area contributed by atoms with Gasteiger partial charge in [-0.1, -0.05) is 41.5 Å². The van der Waals surface area contributed by atoms with Crippen LogP contribution in [-0.2, 0) is 0 Å². The number of hydrogen-bond donors (Lipinski definition) is 1. The van der Waals surface area contributed by atoms with Gasteiger partial charge in [0.05, 0.1) is 6.10 Å². The predicted molar refractivity (Wildman–Crippen MR) is 54.0 cm³/mol. The van der Waals surface area contributed by atoms with Crippen LogP contribution in [0.3, 0.4) is 0 Å². The summed E-state index contributed by atoms with van der Waals surface area (Å²) in [5.41, 5.74) is 0. The zero-order valence-corrected chi connectivity index (χ0v) is 9.33. The van der Waals surface area contributed by atoms with Crippen LogP contribution < -0.4 is 0 Å². The van der Waals surface area contributed by atoms with E-state index in [2.05, 4.69) is 41.5 Å². The SMILES string of the molecule is CC(C)C(O)C(C(C)C)C(C)C. The third-order valence-electron chi connectivity index (χ3n) is 2.62. The van der Waals surface area contributed by atoms with E-state index in [0.717, 1.165) is 0 Å². The molecule has 0 rings (SSSR count). The molecule has 0 aromatic heterocycles. The summed E-state index contributed by atoms with van der Waals surface area (Å²) in [5, 5.41) is 9.93. The fourth-order valence-electron chi connectivity index (χ4n) is 2.00. The third kappa shape index (κ3) is 3.14. The topological polar surface area (TPSA) is 20.2 Å². The van der Waals surface area contributed by atoms with Gasteiger partial charge in [-0.3, -0.25) is 0 Å². The second-order valence-electron chi connectivity index (χ2n) is 4.80. The summed E-state index contributed by atoms with van der Waals surface area (Å²) in [6, 6.07) is 0. The van der Waals surface area contributed by atoms with Gasteiger partial charge >= 0.3 is 0 Å². The molecule has 0 fully saturated rings. The molecule has 0 aliphatic carbocycles. The summed E-state index contributed by atoms with van der Waals surface area (Å²) >= 11 is 0. The Labute approximate surface area is 77.2 Å². The van der Waals surface area contributed by atoms with E-state index in [-0.39, 0.29) is 6.10 Å². The molecule has 0 aliphatic rings. The average molecular weight is 172 g/mol. The Morgan fingerprint density at radius 3 is 1.08 bits per heavy atom. The van der Waals surface area contributed by atoms with Crippen molar-refractivity contribution in [2.24, 2.45) is 23.7 Å². The molecule has 0 saturated heterocycles. The smallest absolute Gasteiger partial charge is 0.0596 e. The van der Waals surface area contributed by atoms with Gasteiger partial charge in [0.2, 0.25) is 0 Å². The molecule has 0 bridgehead atoms. The number of aliphatic hydroxyl groups excluding tert-OH is 1. The van der Waals surface area contributed by atoms with Gasteiger partial charge < -0.3 is 5.11 Å². The lowest BCUT2D eigenvalue weighted by Gasteiger charge is -2.32. The van der Waals surface area contributed by atoms with E-state index in [1.165, 1.54) is 0 Å². The molecule has 1 N–H and O–H groups in total. The van der Waals surface area contributed by atoms with Crippen molar-refractivity contribution >= 4 is 0 Å². The Balaban J connectivity index is 4.30. The first-order valence-corrected chi connectivity index (χ1v) is 5.06. The second-order valence-corrected chi connectivity index (χ2v) is 4.80. The van der Waals surface area contributed by atoms with Gasteiger partial charge in [0.15, 0.2) is 0 Å². The van der Waals surface area contributed by atoms with Crippen LogP contribution in [0.4, 0.5) is 0 Å². The highest BCUT2D eigenvalue weighted by Crippen LogP contribution is 2.27. The van der Waals surface area contributed by atoms with Crippen molar-refractivity contribution in [1.82, 2.24) is 0 Å². The van der Waals surface area contributed by atoms with Crippen LogP contribution in [0.5, 0.6) is 0 Å². The minimum absolute atomic E-state index is 0.148. The first-order chi connectivity index (χ1) is 5.37. The molecule has 12 heavy (non-hydrogen) atoms. The van der Waals surface area contributed by atoms with E-state index in [9.17, 15) is 5.11 Å². The lowest BCUT2D eigenvalue weighted by atomic mass is 9.77. The standard InChI is InChI=1S/C11H24O/c1-7(2)10(8(3)4)11(12)9(5)6/h7-12H,1-6H3. The third-order valence-corrected chi connectivity index (χ3v) is 2.62. The van der Waals surface area contributed by atoms with Crippen molar-refractivity contribution in [3.63, 3.8) is 0 Å². The van der Waals surface area contributed by atoms with E-state index in [1.54, 1.807) is 0 Å². The van der Waals surface area contributed by atoms with Crippen LogP contribution in [-0.4, -0.2) is 11.2 Å². The van der Waals surface area contributed by atoms with Crippen molar-refractivity contribution < 1.29 is 5.11 Å². The van der Waals surface area contributed by atoms with Gasteiger partial charge in [0.1, 0.15) is 0 Å². The van der Waals surface area contributed by atoms with Gasteiger partial charge in [-0.25, -0.2) is 0 Å². The van der Waals surface area contributed by atoms with E-state index in [0.29, 0.717) is 23.7 Å². The molecule has 0 spiro atoms. The van der Waals surface area contributed by atoms with Crippen LogP contribution >= 0.6 is 0 Å². The highest BCUT2D eigenvalue weighted by molar-refractivity contribution is 4.76. The molecular formula is C11H24O. The highest BCUT2D eigenvalue weighted by atomic mass is 16.3. The zero-order valence-electron chi connectivity index (χ0n) is 9.33. The molecular weight excluding hydrogens is 148 g/mol. The minimum atomic E-state index is -0.148. The zero-order chi connectivity index (χ0) is 9.89. The highest BCUT2D eigenvalue weighted by Gasteiger charge is 2.27. The number of rotatable bonds is 4. The van der Waals surface area contributed by atoms with Gasteiger partial charge in [-0.05, 0) is 23.7 Å². The van der Waals surface area contributed by atoms with Crippen molar-refractivity contribution in [1.29, 1.82) is 0 Å². The molecule has 0 aromatic carbocycles. The molecule has 0 saturated carbocycles. The average Bonchev–Trinajstić information content (AvgIpc) is 1.85. The number of hydrogen-bond acceptors (Lipinski definition) is 1. The molecule has 1 heteroatoms. The van der Waals surface area contributed by atoms with Crippen LogP contribution in [0.2, 0.25) is 0 Å². The molecule has 1 unspecified atom stereocenters. The Morgan fingerprint density at radius 2 is 1.00 bits per heavy atom. The molecule has 0 aromatic rings. The van der Waals surface area contributed by atoms with Crippen LogP contribution in [0.25, 0.3) is 0 Å². The summed E-state index contributed by atoms with van der Waals surface area (Å²) in [6.45, 7) is 12.9. The molecule has 0 radical (unpaired) electrons. The van der Waals surface area contributed by atoms with E-state index >= 15 is 0 Å². The summed E-state index contributed by atoms with van der Waals surface area (Å²) in [7, 11) is 0. The van der Waals surface area contributed by atoms with Crippen molar-refractivity contribution in [2.45, 2.75) is 47.6 Å². The monoisotopic (exact) mass is 172 g/mol. The summed E-state index contributed by atoms with van der Waals surface area (Å²) in [4.78, 5) is 0. The second kappa shape index (κ2) is 4.86. The lowest BCUT2D eigenvalue weighted by Crippen LogP contribution is -2.33. The Bertz CT molecular complexity index is 108. The van der Waals surface area contributed by atoms with Gasteiger partial charge in [-0.15, -0.1) is 0 Å². The summed E-state index contributed by atoms with van der Waals surface area (Å²) < 4.78 is 0. The maximum atomic E-state index is 9.93. The molecule has 0 heterocycles. The summed E-state index contributed by atoms with van der Waals surface area (Å²) in [5.74, 6) is 1.95.